The summed E-state index contributed by atoms with van der Waals surface area (Å²) in [5.74, 6) is 2.95. The first-order chi connectivity index (χ1) is 10.2. The highest BCUT2D eigenvalue weighted by atomic mass is 79.9. The van der Waals surface area contributed by atoms with Crippen LogP contribution < -0.4 is 14.8 Å². The molecular weight excluding hydrogens is 334 g/mol. The number of anilines is 1. The van der Waals surface area contributed by atoms with Crippen LogP contribution in [-0.4, -0.2) is 30.2 Å². The van der Waals surface area contributed by atoms with Gasteiger partial charge in [0.05, 0.1) is 4.47 Å². The Balaban J connectivity index is 2.10. The van der Waals surface area contributed by atoms with Crippen LogP contribution in [-0.2, 0) is 6.42 Å². The third-order valence-electron chi connectivity index (χ3n) is 3.25. The number of nitrogens with zero attached hydrogens (tertiary/aromatic N) is 2. The molecule has 0 saturated carbocycles. The van der Waals surface area contributed by atoms with Gasteiger partial charge in [-0.2, -0.15) is 0 Å². The lowest BCUT2D eigenvalue weighted by Crippen LogP contribution is -2.15. The minimum Gasteiger partial charge on any atom is -0.486 e. The molecule has 2 heterocycles. The van der Waals surface area contributed by atoms with Crippen molar-refractivity contribution in [1.82, 2.24) is 9.97 Å². The second-order valence-corrected chi connectivity index (χ2v) is 5.51. The monoisotopic (exact) mass is 349 g/mol. The first-order valence-corrected chi connectivity index (χ1v) is 7.65. The smallest absolute Gasteiger partial charge is 0.175 e. The Morgan fingerprint density at radius 1 is 1.19 bits per heavy atom. The van der Waals surface area contributed by atoms with Crippen molar-refractivity contribution in [1.29, 1.82) is 0 Å². The summed E-state index contributed by atoms with van der Waals surface area (Å²) < 4.78 is 12.1. The molecule has 1 aliphatic heterocycles. The van der Waals surface area contributed by atoms with Gasteiger partial charge in [-0.15, -0.1) is 0 Å². The van der Waals surface area contributed by atoms with E-state index in [9.17, 15) is 0 Å². The molecule has 0 saturated heterocycles. The van der Waals surface area contributed by atoms with Crippen molar-refractivity contribution in [3.8, 4) is 22.9 Å². The van der Waals surface area contributed by atoms with E-state index in [1.807, 2.05) is 25.2 Å². The molecule has 0 fully saturated rings. The molecule has 0 atom stereocenters. The number of rotatable bonds is 3. The SMILES string of the molecule is CCc1cc(NC)nc(-c2cc(Br)c3c(c2)OCCO3)n1. The molecule has 5 nitrogen and oxygen atoms in total. The number of hydrogen-bond donors (Lipinski definition) is 1. The molecule has 1 aromatic carbocycles. The molecule has 0 aliphatic carbocycles. The van der Waals surface area contributed by atoms with Gasteiger partial charge >= 0.3 is 0 Å². The van der Waals surface area contributed by atoms with Crippen molar-refractivity contribution in [3.05, 3.63) is 28.4 Å². The number of aryl methyl sites for hydroxylation is 1. The highest BCUT2D eigenvalue weighted by Gasteiger charge is 2.18. The van der Waals surface area contributed by atoms with E-state index < -0.39 is 0 Å². The van der Waals surface area contributed by atoms with Gasteiger partial charge in [-0.1, -0.05) is 6.92 Å². The molecule has 0 spiro atoms. The summed E-state index contributed by atoms with van der Waals surface area (Å²) in [4.78, 5) is 9.11. The molecule has 110 valence electrons. The van der Waals surface area contributed by atoms with Crippen molar-refractivity contribution in [2.24, 2.45) is 0 Å². The van der Waals surface area contributed by atoms with Crippen molar-refractivity contribution >= 4 is 21.7 Å². The average molecular weight is 350 g/mol. The van der Waals surface area contributed by atoms with Gasteiger partial charge in [0, 0.05) is 24.4 Å². The molecule has 0 amide bonds. The summed E-state index contributed by atoms with van der Waals surface area (Å²) in [5.41, 5.74) is 1.90. The molecule has 6 heteroatoms. The summed E-state index contributed by atoms with van der Waals surface area (Å²) >= 11 is 3.53. The summed E-state index contributed by atoms with van der Waals surface area (Å²) in [6.45, 7) is 3.20. The predicted molar refractivity (Wildman–Crippen MR) is 85.1 cm³/mol. The molecular formula is C15H16BrN3O2. The van der Waals surface area contributed by atoms with Crippen LogP contribution in [0.1, 0.15) is 12.6 Å². The van der Waals surface area contributed by atoms with Gasteiger partial charge in [0.15, 0.2) is 17.3 Å². The fourth-order valence-electron chi connectivity index (χ4n) is 2.18. The zero-order chi connectivity index (χ0) is 14.8. The van der Waals surface area contributed by atoms with E-state index in [-0.39, 0.29) is 0 Å². The molecule has 1 N–H and O–H groups in total. The first-order valence-electron chi connectivity index (χ1n) is 6.86. The maximum Gasteiger partial charge on any atom is 0.175 e. The van der Waals surface area contributed by atoms with E-state index in [1.165, 1.54) is 0 Å². The Morgan fingerprint density at radius 3 is 2.76 bits per heavy atom. The van der Waals surface area contributed by atoms with Crippen LogP contribution >= 0.6 is 15.9 Å². The summed E-state index contributed by atoms with van der Waals surface area (Å²) in [6.07, 6.45) is 0.857. The third kappa shape index (κ3) is 2.81. The van der Waals surface area contributed by atoms with Crippen LogP contribution in [0, 0.1) is 0 Å². The van der Waals surface area contributed by atoms with E-state index in [0.29, 0.717) is 19.0 Å². The Morgan fingerprint density at radius 2 is 2.00 bits per heavy atom. The van der Waals surface area contributed by atoms with Gasteiger partial charge in [0.2, 0.25) is 0 Å². The quantitative estimate of drug-likeness (QED) is 0.921. The molecule has 0 unspecified atom stereocenters. The summed E-state index contributed by atoms with van der Waals surface area (Å²) in [6, 6.07) is 5.84. The van der Waals surface area contributed by atoms with Gasteiger partial charge in [0.1, 0.15) is 19.0 Å². The van der Waals surface area contributed by atoms with Gasteiger partial charge in [0.25, 0.3) is 0 Å². The average Bonchev–Trinajstić information content (AvgIpc) is 2.54. The summed E-state index contributed by atoms with van der Waals surface area (Å²) in [5, 5.41) is 3.07. The Hall–Kier alpha value is -1.82. The number of aromatic nitrogens is 2. The lowest BCUT2D eigenvalue weighted by atomic mass is 10.1. The highest BCUT2D eigenvalue weighted by molar-refractivity contribution is 9.10. The zero-order valence-electron chi connectivity index (χ0n) is 11.9. The number of fused-ring (bicyclic) bond motifs is 1. The maximum atomic E-state index is 5.65. The number of nitrogens with one attached hydrogen (secondary N) is 1. The van der Waals surface area contributed by atoms with Crippen LogP contribution in [0.25, 0.3) is 11.4 Å². The number of ether oxygens (including phenoxy) is 2. The van der Waals surface area contributed by atoms with Crippen LogP contribution in [0.5, 0.6) is 11.5 Å². The Kier molecular flexibility index (Phi) is 3.96. The lowest BCUT2D eigenvalue weighted by Gasteiger charge is -2.20. The number of benzene rings is 1. The van der Waals surface area contributed by atoms with Crippen LogP contribution in [0.2, 0.25) is 0 Å². The van der Waals surface area contributed by atoms with E-state index >= 15 is 0 Å². The van der Waals surface area contributed by atoms with E-state index in [4.69, 9.17) is 9.47 Å². The molecule has 0 radical (unpaired) electrons. The molecule has 1 aliphatic rings. The minimum atomic E-state index is 0.556. The minimum absolute atomic E-state index is 0.556. The van der Waals surface area contributed by atoms with Gasteiger partial charge in [-0.3, -0.25) is 0 Å². The lowest BCUT2D eigenvalue weighted by molar-refractivity contribution is 0.170. The molecule has 2 aromatic rings. The van der Waals surface area contributed by atoms with Crippen molar-refractivity contribution in [2.45, 2.75) is 13.3 Å². The normalized spacial score (nSPS) is 13.1. The van der Waals surface area contributed by atoms with Gasteiger partial charge in [-0.25, -0.2) is 9.97 Å². The maximum absolute atomic E-state index is 5.65. The van der Waals surface area contributed by atoms with Crippen LogP contribution in [0.3, 0.4) is 0 Å². The second-order valence-electron chi connectivity index (χ2n) is 4.65. The van der Waals surface area contributed by atoms with E-state index in [0.717, 1.165) is 39.5 Å². The number of hydrogen-bond acceptors (Lipinski definition) is 5. The van der Waals surface area contributed by atoms with Gasteiger partial charge in [-0.05, 0) is 34.5 Å². The highest BCUT2D eigenvalue weighted by Crippen LogP contribution is 2.40. The second kappa shape index (κ2) is 5.89. The largest absolute Gasteiger partial charge is 0.486 e. The Labute approximate surface area is 131 Å². The predicted octanol–water partition coefficient (Wildman–Crippen LogP) is 3.28. The van der Waals surface area contributed by atoms with Crippen molar-refractivity contribution < 1.29 is 9.47 Å². The molecule has 0 bridgehead atoms. The molecule has 1 aromatic heterocycles. The molecule has 3 rings (SSSR count). The van der Waals surface area contributed by atoms with Crippen molar-refractivity contribution in [3.63, 3.8) is 0 Å². The zero-order valence-corrected chi connectivity index (χ0v) is 13.5. The topological polar surface area (TPSA) is 56.3 Å². The van der Waals surface area contributed by atoms with Crippen LogP contribution in [0.15, 0.2) is 22.7 Å². The fourth-order valence-corrected chi connectivity index (χ4v) is 2.73. The van der Waals surface area contributed by atoms with Crippen molar-refractivity contribution in [2.75, 3.05) is 25.6 Å². The van der Waals surface area contributed by atoms with E-state index in [2.05, 4.69) is 38.1 Å². The first kappa shape index (κ1) is 14.1. The van der Waals surface area contributed by atoms with Gasteiger partial charge < -0.3 is 14.8 Å². The standard InChI is InChI=1S/C15H16BrN3O2/c1-3-10-8-13(17-2)19-15(18-10)9-6-11(16)14-12(7-9)20-4-5-21-14/h6-8H,3-5H2,1-2H3,(H,17,18,19). The third-order valence-corrected chi connectivity index (χ3v) is 3.84. The summed E-state index contributed by atoms with van der Waals surface area (Å²) in [7, 11) is 1.85. The van der Waals surface area contributed by atoms with E-state index in [1.54, 1.807) is 0 Å². The molecule has 21 heavy (non-hydrogen) atoms. The van der Waals surface area contributed by atoms with Crippen LogP contribution in [0.4, 0.5) is 5.82 Å². The number of halogens is 1. The Bertz CT molecular complexity index is 654. The fraction of sp³-hybridized carbons (Fsp3) is 0.333.